The Morgan fingerprint density at radius 2 is 1.92 bits per heavy atom. The summed E-state index contributed by atoms with van der Waals surface area (Å²) in [6, 6.07) is 0. The van der Waals surface area contributed by atoms with Gasteiger partial charge in [0.05, 0.1) is 0 Å². The summed E-state index contributed by atoms with van der Waals surface area (Å²) in [5, 5.41) is 0. The summed E-state index contributed by atoms with van der Waals surface area (Å²) in [6.45, 7) is 15.7. The lowest BCUT2D eigenvalue weighted by atomic mass is 10.2. The first-order valence-corrected chi connectivity index (χ1v) is 5.06. The molecule has 0 spiro atoms. The minimum Gasteiger partial charge on any atom is -0.369 e. The molecule has 2 nitrogen and oxygen atoms in total. The van der Waals surface area contributed by atoms with Gasteiger partial charge in [-0.25, -0.2) is 0 Å². The Morgan fingerprint density at radius 1 is 1.31 bits per heavy atom. The summed E-state index contributed by atoms with van der Waals surface area (Å²) in [4.78, 5) is 4.81. The SMILES string of the molecule is C=CC(=C)N1CCN(CCC)CC1. The Bertz CT molecular complexity index is 179. The highest BCUT2D eigenvalue weighted by Crippen LogP contribution is 2.08. The van der Waals surface area contributed by atoms with E-state index in [0.29, 0.717) is 0 Å². The van der Waals surface area contributed by atoms with Crippen molar-refractivity contribution < 1.29 is 0 Å². The van der Waals surface area contributed by atoms with Crippen LogP contribution in [0.2, 0.25) is 0 Å². The van der Waals surface area contributed by atoms with Gasteiger partial charge in [0.2, 0.25) is 0 Å². The molecule has 0 aromatic heterocycles. The zero-order valence-corrected chi connectivity index (χ0v) is 8.63. The average molecular weight is 180 g/mol. The van der Waals surface area contributed by atoms with Crippen molar-refractivity contribution in [1.29, 1.82) is 0 Å². The maximum Gasteiger partial charge on any atom is 0.0306 e. The van der Waals surface area contributed by atoms with Crippen LogP contribution in [0, 0.1) is 0 Å². The molecule has 0 atom stereocenters. The monoisotopic (exact) mass is 180 g/mol. The maximum absolute atomic E-state index is 3.96. The second-order valence-corrected chi connectivity index (χ2v) is 3.52. The molecule has 2 heteroatoms. The molecule has 0 N–H and O–H groups in total. The van der Waals surface area contributed by atoms with Crippen LogP contribution < -0.4 is 0 Å². The lowest BCUT2D eigenvalue weighted by Gasteiger charge is -2.36. The van der Waals surface area contributed by atoms with Gasteiger partial charge in [-0.1, -0.05) is 20.1 Å². The molecule has 0 aromatic rings. The number of hydrogen-bond donors (Lipinski definition) is 0. The number of allylic oxidation sites excluding steroid dienone is 1. The van der Waals surface area contributed by atoms with Gasteiger partial charge in [-0.3, -0.25) is 4.90 Å². The Labute approximate surface area is 81.5 Å². The van der Waals surface area contributed by atoms with Gasteiger partial charge in [0.15, 0.2) is 0 Å². The Morgan fingerprint density at radius 3 is 2.38 bits per heavy atom. The van der Waals surface area contributed by atoms with Crippen molar-refractivity contribution in [2.45, 2.75) is 13.3 Å². The molecule has 0 radical (unpaired) electrons. The molecule has 0 saturated carbocycles. The molecule has 1 aliphatic heterocycles. The van der Waals surface area contributed by atoms with Crippen LogP contribution in [0.4, 0.5) is 0 Å². The van der Waals surface area contributed by atoms with Crippen LogP contribution >= 0.6 is 0 Å². The molecule has 0 bridgehead atoms. The van der Waals surface area contributed by atoms with Gasteiger partial charge in [-0.2, -0.15) is 0 Å². The van der Waals surface area contributed by atoms with Gasteiger partial charge in [-0.05, 0) is 19.0 Å². The van der Waals surface area contributed by atoms with E-state index in [2.05, 4.69) is 29.9 Å². The van der Waals surface area contributed by atoms with Gasteiger partial charge in [-0.15, -0.1) is 0 Å². The maximum atomic E-state index is 3.96. The summed E-state index contributed by atoms with van der Waals surface area (Å²) < 4.78 is 0. The minimum atomic E-state index is 1.07. The molecule has 1 heterocycles. The van der Waals surface area contributed by atoms with Crippen LogP contribution in [0.1, 0.15) is 13.3 Å². The molecule has 13 heavy (non-hydrogen) atoms. The summed E-state index contributed by atoms with van der Waals surface area (Å²) >= 11 is 0. The molecule has 0 unspecified atom stereocenters. The summed E-state index contributed by atoms with van der Waals surface area (Å²) in [7, 11) is 0. The van der Waals surface area contributed by atoms with Crippen molar-refractivity contribution in [3.63, 3.8) is 0 Å². The van der Waals surface area contributed by atoms with E-state index in [4.69, 9.17) is 0 Å². The van der Waals surface area contributed by atoms with E-state index in [0.717, 1.165) is 18.8 Å². The summed E-state index contributed by atoms with van der Waals surface area (Å²) in [6.07, 6.45) is 3.10. The molecule has 0 aliphatic carbocycles. The van der Waals surface area contributed by atoms with Crippen LogP contribution in [0.15, 0.2) is 24.9 Å². The van der Waals surface area contributed by atoms with Crippen LogP contribution in [-0.4, -0.2) is 42.5 Å². The van der Waals surface area contributed by atoms with Crippen LogP contribution in [0.5, 0.6) is 0 Å². The lowest BCUT2D eigenvalue weighted by Crippen LogP contribution is -2.45. The Hall–Kier alpha value is -0.760. The third-order valence-electron chi connectivity index (χ3n) is 2.55. The highest BCUT2D eigenvalue weighted by Gasteiger charge is 2.15. The highest BCUT2D eigenvalue weighted by molar-refractivity contribution is 5.10. The first-order chi connectivity index (χ1) is 6.27. The van der Waals surface area contributed by atoms with Crippen molar-refractivity contribution in [2.24, 2.45) is 0 Å². The molecule has 0 amide bonds. The van der Waals surface area contributed by atoms with Crippen molar-refractivity contribution in [3.05, 3.63) is 24.9 Å². The zero-order valence-electron chi connectivity index (χ0n) is 8.63. The fourth-order valence-electron chi connectivity index (χ4n) is 1.70. The number of nitrogens with zero attached hydrogens (tertiary/aromatic N) is 2. The second-order valence-electron chi connectivity index (χ2n) is 3.52. The third kappa shape index (κ3) is 2.88. The topological polar surface area (TPSA) is 6.48 Å². The van der Waals surface area contributed by atoms with Crippen LogP contribution in [0.3, 0.4) is 0 Å². The Kier molecular flexibility index (Phi) is 4.03. The van der Waals surface area contributed by atoms with E-state index in [9.17, 15) is 0 Å². The first kappa shape index (κ1) is 10.3. The smallest absolute Gasteiger partial charge is 0.0306 e. The van der Waals surface area contributed by atoms with Gasteiger partial charge in [0.1, 0.15) is 0 Å². The van der Waals surface area contributed by atoms with Crippen LogP contribution in [0.25, 0.3) is 0 Å². The Balaban J connectivity index is 2.30. The fourth-order valence-corrected chi connectivity index (χ4v) is 1.70. The predicted octanol–water partition coefficient (Wildman–Crippen LogP) is 1.71. The molecule has 74 valence electrons. The normalized spacial score (nSPS) is 18.7. The van der Waals surface area contributed by atoms with Crippen molar-refractivity contribution in [1.82, 2.24) is 9.80 Å². The zero-order chi connectivity index (χ0) is 9.68. The van der Waals surface area contributed by atoms with Gasteiger partial charge in [0, 0.05) is 31.9 Å². The molecule has 1 rings (SSSR count). The standard InChI is InChI=1S/C11H20N2/c1-4-6-12-7-9-13(10-8-12)11(3)5-2/h5H,2-4,6-10H2,1H3. The van der Waals surface area contributed by atoms with E-state index in [1.54, 1.807) is 0 Å². The second kappa shape index (κ2) is 5.07. The molecule has 1 saturated heterocycles. The number of hydrogen-bond acceptors (Lipinski definition) is 2. The molecule has 0 aromatic carbocycles. The molecular weight excluding hydrogens is 160 g/mol. The van der Waals surface area contributed by atoms with Crippen molar-refractivity contribution in [2.75, 3.05) is 32.7 Å². The van der Waals surface area contributed by atoms with Crippen molar-refractivity contribution >= 4 is 0 Å². The number of piperazine rings is 1. The van der Waals surface area contributed by atoms with Crippen molar-refractivity contribution in [3.8, 4) is 0 Å². The minimum absolute atomic E-state index is 1.07. The predicted molar refractivity (Wildman–Crippen MR) is 57.6 cm³/mol. The largest absolute Gasteiger partial charge is 0.369 e. The molecular formula is C11H20N2. The van der Waals surface area contributed by atoms with Gasteiger partial charge >= 0.3 is 0 Å². The van der Waals surface area contributed by atoms with E-state index < -0.39 is 0 Å². The molecule has 1 fully saturated rings. The summed E-state index contributed by atoms with van der Waals surface area (Å²) in [5.41, 5.74) is 1.07. The quantitative estimate of drug-likeness (QED) is 0.608. The lowest BCUT2D eigenvalue weighted by molar-refractivity contribution is 0.162. The fraction of sp³-hybridized carbons (Fsp3) is 0.636. The highest BCUT2D eigenvalue weighted by atomic mass is 15.3. The van der Waals surface area contributed by atoms with E-state index in [1.165, 1.54) is 26.1 Å². The van der Waals surface area contributed by atoms with E-state index in [-0.39, 0.29) is 0 Å². The average Bonchev–Trinajstić information content (AvgIpc) is 2.18. The molecule has 1 aliphatic rings. The van der Waals surface area contributed by atoms with Crippen LogP contribution in [-0.2, 0) is 0 Å². The first-order valence-electron chi connectivity index (χ1n) is 5.06. The van der Waals surface area contributed by atoms with Gasteiger partial charge < -0.3 is 4.90 Å². The van der Waals surface area contributed by atoms with E-state index >= 15 is 0 Å². The third-order valence-corrected chi connectivity index (χ3v) is 2.55. The van der Waals surface area contributed by atoms with Gasteiger partial charge in [0.25, 0.3) is 0 Å². The summed E-state index contributed by atoms with van der Waals surface area (Å²) in [5.74, 6) is 0. The van der Waals surface area contributed by atoms with E-state index in [1.807, 2.05) is 6.08 Å². The number of rotatable bonds is 4.